The van der Waals surface area contributed by atoms with Gasteiger partial charge in [0.1, 0.15) is 0 Å². The molecule has 0 N–H and O–H groups in total. The van der Waals surface area contributed by atoms with Gasteiger partial charge in [-0.15, -0.1) is 5.92 Å². The zero-order valence-corrected chi connectivity index (χ0v) is 27.6. The third-order valence-electron chi connectivity index (χ3n) is 6.15. The third-order valence-corrected chi connectivity index (χ3v) is 6.15. The van der Waals surface area contributed by atoms with Crippen LogP contribution < -0.4 is 4.90 Å². The second-order valence-electron chi connectivity index (χ2n) is 15.1. The Morgan fingerprint density at radius 3 is 1.76 bits per heavy atom. The van der Waals surface area contributed by atoms with Crippen LogP contribution in [-0.4, -0.2) is 25.9 Å². The summed E-state index contributed by atoms with van der Waals surface area (Å²) in [5, 5.41) is 0. The van der Waals surface area contributed by atoms with E-state index in [2.05, 4.69) is 132 Å². The van der Waals surface area contributed by atoms with Crippen molar-refractivity contribution >= 4 is 11.3 Å². The van der Waals surface area contributed by atoms with Crippen LogP contribution in [0.5, 0.6) is 0 Å². The number of imidazole rings is 1. The third kappa shape index (κ3) is 7.51. The van der Waals surface area contributed by atoms with Crippen LogP contribution in [0.1, 0.15) is 110 Å². The van der Waals surface area contributed by atoms with Crippen molar-refractivity contribution in [3.05, 3.63) is 30.8 Å². The van der Waals surface area contributed by atoms with Crippen LogP contribution in [-0.2, 0) is 38.1 Å². The average molecular weight is 544 g/mol. The van der Waals surface area contributed by atoms with Crippen LogP contribution in [0.25, 0.3) is 5.65 Å². The summed E-state index contributed by atoms with van der Waals surface area (Å²) in [6.45, 7) is 34.7. The van der Waals surface area contributed by atoms with Gasteiger partial charge < -0.3 is 20.7 Å². The number of rotatable bonds is 4. The van der Waals surface area contributed by atoms with E-state index in [1.165, 1.54) is 0 Å². The summed E-state index contributed by atoms with van der Waals surface area (Å²) >= 11 is 0. The smallest absolute Gasteiger partial charge is 0.0960 e. The van der Waals surface area contributed by atoms with Crippen molar-refractivity contribution in [2.45, 2.75) is 121 Å². The Morgan fingerprint density at radius 2 is 1.38 bits per heavy atom. The first kappa shape index (κ1) is 31.6. The second-order valence-corrected chi connectivity index (χ2v) is 15.1. The molecule has 4 nitrogen and oxygen atoms in total. The van der Waals surface area contributed by atoms with Crippen LogP contribution in [0.15, 0.2) is 12.4 Å². The molecule has 0 amide bonds. The zero-order valence-electron chi connectivity index (χ0n) is 24.8. The van der Waals surface area contributed by atoms with Crippen molar-refractivity contribution in [1.29, 1.82) is 0 Å². The Morgan fingerprint density at radius 1 is 0.853 bits per heavy atom. The van der Waals surface area contributed by atoms with Crippen molar-refractivity contribution in [3.8, 4) is 0 Å². The summed E-state index contributed by atoms with van der Waals surface area (Å²) < 4.78 is 2.16. The monoisotopic (exact) mass is 543 g/mol. The second kappa shape index (κ2) is 10.1. The molecule has 2 atom stereocenters. The summed E-state index contributed by atoms with van der Waals surface area (Å²) in [5.74, 6) is 1.38. The van der Waals surface area contributed by atoms with Gasteiger partial charge in [-0.2, -0.15) is 5.41 Å². The molecule has 1 radical (unpaired) electrons. The van der Waals surface area contributed by atoms with E-state index >= 15 is 0 Å². The van der Waals surface area contributed by atoms with Gasteiger partial charge in [0, 0.05) is 61.5 Å². The number of nitrogens with zero attached hydrogens (tertiary/aromatic N) is 4. The largest absolute Gasteiger partial charge is 0.394 e. The summed E-state index contributed by atoms with van der Waals surface area (Å²) in [7, 11) is 0. The molecule has 5 heteroatoms. The predicted molar refractivity (Wildman–Crippen MR) is 143 cm³/mol. The van der Waals surface area contributed by atoms with E-state index in [0.717, 1.165) is 17.2 Å². The first-order valence-corrected chi connectivity index (χ1v) is 12.4. The van der Waals surface area contributed by atoms with Gasteiger partial charge in [0.2, 0.25) is 0 Å². The van der Waals surface area contributed by atoms with Crippen LogP contribution in [0, 0.1) is 34.8 Å². The van der Waals surface area contributed by atoms with Crippen molar-refractivity contribution < 1.29 is 32.7 Å². The summed E-state index contributed by atoms with van der Waals surface area (Å²) in [6, 6.07) is 0.244. The van der Waals surface area contributed by atoms with Gasteiger partial charge in [0.25, 0.3) is 0 Å². The number of fused-ring (bicyclic) bond motifs is 1. The predicted octanol–water partition coefficient (Wildman–Crippen LogP) is 7.76. The first-order valence-electron chi connectivity index (χ1n) is 12.4. The van der Waals surface area contributed by atoms with E-state index in [1.807, 2.05) is 6.20 Å². The molecule has 0 saturated carbocycles. The van der Waals surface area contributed by atoms with Gasteiger partial charge in [-0.3, -0.25) is 4.98 Å². The fourth-order valence-corrected chi connectivity index (χ4v) is 4.87. The van der Waals surface area contributed by atoms with E-state index in [-0.39, 0.29) is 65.9 Å². The van der Waals surface area contributed by atoms with Crippen LogP contribution in [0.3, 0.4) is 0 Å². The standard InChI is InChI=1S/C29H50N4.Y/c1-25(2,3)16-21(26(4,5)6)23(27(7,8)9)33(29(13,14)15)20-17-30-22-18-31-24(28(10,11)12)32(22)19-20;/h16,18-19,21,23H,1-15H3;/q-2;. The summed E-state index contributed by atoms with van der Waals surface area (Å²) in [5.41, 5.74) is 1.90. The molecule has 2 rings (SSSR count). The van der Waals surface area contributed by atoms with E-state index < -0.39 is 0 Å². The SMILES string of the molecule is CC(C)(C)[CH-]C(C(N(c1[c-]nc2cnc(C(C)(C)C)n2c1)C(C)(C)C)C(C)(C)C)C(C)(C)C.[Y]. The van der Waals surface area contributed by atoms with Crippen LogP contribution >= 0.6 is 0 Å². The van der Waals surface area contributed by atoms with Crippen LogP contribution in [0.4, 0.5) is 5.69 Å². The molecule has 0 fully saturated rings. The topological polar surface area (TPSA) is 33.4 Å². The molecular formula is C29H50N4Y-2. The van der Waals surface area contributed by atoms with Gasteiger partial charge in [0.15, 0.2) is 0 Å². The molecule has 191 valence electrons. The Balaban J connectivity index is 0.00000578. The van der Waals surface area contributed by atoms with Gasteiger partial charge in [0.05, 0.1) is 5.82 Å². The molecule has 0 aliphatic heterocycles. The minimum atomic E-state index is -0.124. The Bertz CT molecular complexity index is 940. The number of anilines is 1. The molecule has 0 spiro atoms. The quantitative estimate of drug-likeness (QED) is 0.370. The van der Waals surface area contributed by atoms with Crippen molar-refractivity contribution in [2.75, 3.05) is 4.90 Å². The molecule has 2 heterocycles. The maximum absolute atomic E-state index is 4.73. The Labute approximate surface area is 236 Å². The van der Waals surface area contributed by atoms with Gasteiger partial charge in [-0.25, -0.2) is 0 Å². The minimum absolute atomic E-state index is 0. The molecule has 34 heavy (non-hydrogen) atoms. The number of hydrogen-bond donors (Lipinski definition) is 0. The van der Waals surface area contributed by atoms with E-state index in [9.17, 15) is 0 Å². The zero-order chi connectivity index (χ0) is 25.8. The molecular weight excluding hydrogens is 493 g/mol. The molecule has 0 saturated heterocycles. The molecule has 2 aromatic rings. The Hall–Kier alpha value is -0.476. The summed E-state index contributed by atoms with van der Waals surface area (Å²) in [4.78, 5) is 12.0. The normalized spacial score (nSPS) is 15.7. The van der Waals surface area contributed by atoms with Crippen molar-refractivity contribution in [3.63, 3.8) is 0 Å². The average Bonchev–Trinajstić information content (AvgIpc) is 2.97. The van der Waals surface area contributed by atoms with E-state index in [0.29, 0.717) is 5.92 Å². The number of aromatic nitrogens is 3. The van der Waals surface area contributed by atoms with Gasteiger partial charge in [-0.05, 0) is 31.9 Å². The summed E-state index contributed by atoms with van der Waals surface area (Å²) in [6.07, 6.45) is 10.0. The van der Waals surface area contributed by atoms with Crippen LogP contribution in [0.2, 0.25) is 0 Å². The molecule has 0 aliphatic carbocycles. The maximum Gasteiger partial charge on any atom is 0.0960 e. The van der Waals surface area contributed by atoms with Gasteiger partial charge in [-0.1, -0.05) is 101 Å². The van der Waals surface area contributed by atoms with E-state index in [1.54, 1.807) is 0 Å². The first-order chi connectivity index (χ1) is 14.5. The molecule has 2 aromatic heterocycles. The number of hydrogen-bond acceptors (Lipinski definition) is 3. The minimum Gasteiger partial charge on any atom is -0.394 e. The van der Waals surface area contributed by atoms with Crippen molar-refractivity contribution in [1.82, 2.24) is 14.4 Å². The van der Waals surface area contributed by atoms with E-state index in [4.69, 9.17) is 9.97 Å². The van der Waals surface area contributed by atoms with Gasteiger partial charge >= 0.3 is 0 Å². The molecule has 0 bridgehead atoms. The Kier molecular flexibility index (Phi) is 9.39. The fraction of sp³-hybridized carbons (Fsp3) is 0.759. The molecule has 0 aliphatic rings. The molecule has 0 aromatic carbocycles. The fourth-order valence-electron chi connectivity index (χ4n) is 4.87. The van der Waals surface area contributed by atoms with Crippen molar-refractivity contribution in [2.24, 2.45) is 22.2 Å². The molecule has 2 unspecified atom stereocenters. The maximum atomic E-state index is 4.73.